The molecule has 82 valence electrons. The predicted octanol–water partition coefficient (Wildman–Crippen LogP) is 2.35. The Balaban J connectivity index is 2.52. The van der Waals surface area contributed by atoms with Crippen molar-refractivity contribution in [1.82, 2.24) is 0 Å². The van der Waals surface area contributed by atoms with E-state index < -0.39 is 5.97 Å². The minimum absolute atomic E-state index is 0.0617. The maximum atomic E-state index is 10.4. The first-order chi connectivity index (χ1) is 7.08. The van der Waals surface area contributed by atoms with Crippen LogP contribution in [-0.4, -0.2) is 23.0 Å². The van der Waals surface area contributed by atoms with Gasteiger partial charge in [-0.2, -0.15) is 0 Å². The van der Waals surface area contributed by atoms with Crippen LogP contribution in [0.1, 0.15) is 12.5 Å². The quantitative estimate of drug-likeness (QED) is 0.760. The molecule has 0 aliphatic carbocycles. The molecule has 4 heteroatoms. The standard InChI is InChI=1S/C11H14ClNO2/c1-8(12)7-13-10-4-2-9(3-5-10)6-11(14)15/h2-5,8,13H,6-7H2,1H3,(H,14,15). The van der Waals surface area contributed by atoms with E-state index in [1.54, 1.807) is 12.1 Å². The summed E-state index contributed by atoms with van der Waals surface area (Å²) in [4.78, 5) is 10.4. The van der Waals surface area contributed by atoms with Gasteiger partial charge in [-0.3, -0.25) is 4.79 Å². The number of hydrogen-bond acceptors (Lipinski definition) is 2. The maximum Gasteiger partial charge on any atom is 0.307 e. The Bertz CT molecular complexity index is 322. The summed E-state index contributed by atoms with van der Waals surface area (Å²) in [6, 6.07) is 7.32. The zero-order valence-corrected chi connectivity index (χ0v) is 9.29. The summed E-state index contributed by atoms with van der Waals surface area (Å²) in [6.07, 6.45) is 0.0617. The van der Waals surface area contributed by atoms with Gasteiger partial charge in [0.05, 0.1) is 6.42 Å². The number of rotatable bonds is 5. The molecule has 0 radical (unpaired) electrons. The Labute approximate surface area is 94.1 Å². The van der Waals surface area contributed by atoms with Crippen molar-refractivity contribution in [3.63, 3.8) is 0 Å². The Morgan fingerprint density at radius 3 is 2.53 bits per heavy atom. The highest BCUT2D eigenvalue weighted by Crippen LogP contribution is 2.10. The first-order valence-corrected chi connectivity index (χ1v) is 5.20. The average molecular weight is 228 g/mol. The smallest absolute Gasteiger partial charge is 0.307 e. The summed E-state index contributed by atoms with van der Waals surface area (Å²) in [6.45, 7) is 2.60. The molecule has 1 unspecified atom stereocenters. The summed E-state index contributed by atoms with van der Waals surface area (Å²) in [5.74, 6) is -0.815. The molecule has 0 saturated carbocycles. The number of aliphatic carboxylic acids is 1. The molecule has 0 aliphatic heterocycles. The van der Waals surface area contributed by atoms with Gasteiger partial charge in [0, 0.05) is 17.6 Å². The Morgan fingerprint density at radius 1 is 1.47 bits per heavy atom. The molecule has 1 rings (SSSR count). The van der Waals surface area contributed by atoms with Crippen molar-refractivity contribution in [3.05, 3.63) is 29.8 Å². The number of carboxylic acids is 1. The van der Waals surface area contributed by atoms with Gasteiger partial charge in [-0.15, -0.1) is 11.6 Å². The van der Waals surface area contributed by atoms with Crippen molar-refractivity contribution in [2.45, 2.75) is 18.7 Å². The van der Waals surface area contributed by atoms with Gasteiger partial charge in [-0.1, -0.05) is 12.1 Å². The fraction of sp³-hybridized carbons (Fsp3) is 0.364. The number of nitrogens with one attached hydrogen (secondary N) is 1. The van der Waals surface area contributed by atoms with Crippen LogP contribution in [0, 0.1) is 0 Å². The van der Waals surface area contributed by atoms with Crippen molar-refractivity contribution >= 4 is 23.3 Å². The fourth-order valence-electron chi connectivity index (χ4n) is 1.17. The summed E-state index contributed by atoms with van der Waals surface area (Å²) in [5, 5.41) is 11.8. The number of benzene rings is 1. The molecular formula is C11H14ClNO2. The average Bonchev–Trinajstić information content (AvgIpc) is 2.16. The number of alkyl halides is 1. The van der Waals surface area contributed by atoms with E-state index in [1.807, 2.05) is 19.1 Å². The van der Waals surface area contributed by atoms with Crippen LogP contribution in [0.15, 0.2) is 24.3 Å². The van der Waals surface area contributed by atoms with Crippen molar-refractivity contribution in [2.24, 2.45) is 0 Å². The van der Waals surface area contributed by atoms with Crippen LogP contribution in [0.5, 0.6) is 0 Å². The van der Waals surface area contributed by atoms with Gasteiger partial charge in [-0.05, 0) is 24.6 Å². The van der Waals surface area contributed by atoms with Crippen molar-refractivity contribution in [1.29, 1.82) is 0 Å². The van der Waals surface area contributed by atoms with E-state index in [4.69, 9.17) is 16.7 Å². The van der Waals surface area contributed by atoms with E-state index in [0.29, 0.717) is 6.54 Å². The molecule has 15 heavy (non-hydrogen) atoms. The molecule has 0 bridgehead atoms. The monoisotopic (exact) mass is 227 g/mol. The second kappa shape index (κ2) is 5.61. The Kier molecular flexibility index (Phi) is 4.43. The van der Waals surface area contributed by atoms with Crippen LogP contribution in [-0.2, 0) is 11.2 Å². The van der Waals surface area contributed by atoms with E-state index in [2.05, 4.69) is 5.32 Å². The lowest BCUT2D eigenvalue weighted by atomic mass is 10.1. The molecule has 0 spiro atoms. The predicted molar refractivity (Wildman–Crippen MR) is 61.6 cm³/mol. The molecule has 0 aliphatic rings. The molecule has 1 atom stereocenters. The summed E-state index contributed by atoms with van der Waals surface area (Å²) in [5.41, 5.74) is 1.75. The fourth-order valence-corrected chi connectivity index (χ4v) is 1.25. The number of anilines is 1. The SMILES string of the molecule is CC(Cl)CNc1ccc(CC(=O)O)cc1. The highest BCUT2D eigenvalue weighted by atomic mass is 35.5. The second-order valence-electron chi connectivity index (χ2n) is 3.43. The normalized spacial score (nSPS) is 12.1. The lowest BCUT2D eigenvalue weighted by Crippen LogP contribution is -2.10. The maximum absolute atomic E-state index is 10.4. The third-order valence-corrected chi connectivity index (χ3v) is 2.05. The van der Waals surface area contributed by atoms with Gasteiger partial charge in [0.2, 0.25) is 0 Å². The van der Waals surface area contributed by atoms with Crippen molar-refractivity contribution < 1.29 is 9.90 Å². The molecular weight excluding hydrogens is 214 g/mol. The van der Waals surface area contributed by atoms with E-state index in [1.165, 1.54) is 0 Å². The van der Waals surface area contributed by atoms with Crippen LogP contribution in [0.2, 0.25) is 0 Å². The minimum atomic E-state index is -0.815. The van der Waals surface area contributed by atoms with Crippen LogP contribution >= 0.6 is 11.6 Å². The van der Waals surface area contributed by atoms with Crippen molar-refractivity contribution in [2.75, 3.05) is 11.9 Å². The van der Waals surface area contributed by atoms with Gasteiger partial charge < -0.3 is 10.4 Å². The van der Waals surface area contributed by atoms with Gasteiger partial charge in [0.15, 0.2) is 0 Å². The molecule has 1 aromatic rings. The molecule has 0 saturated heterocycles. The highest BCUT2D eigenvalue weighted by Gasteiger charge is 2.00. The first kappa shape index (κ1) is 11.9. The summed E-state index contributed by atoms with van der Waals surface area (Å²) < 4.78 is 0. The van der Waals surface area contributed by atoms with E-state index in [-0.39, 0.29) is 11.8 Å². The topological polar surface area (TPSA) is 49.3 Å². The van der Waals surface area contributed by atoms with E-state index in [0.717, 1.165) is 11.3 Å². The van der Waals surface area contributed by atoms with E-state index in [9.17, 15) is 4.79 Å². The lowest BCUT2D eigenvalue weighted by Gasteiger charge is -2.07. The molecule has 2 N–H and O–H groups in total. The minimum Gasteiger partial charge on any atom is -0.481 e. The third-order valence-electron chi connectivity index (χ3n) is 1.90. The number of hydrogen-bond donors (Lipinski definition) is 2. The Hall–Kier alpha value is -1.22. The zero-order chi connectivity index (χ0) is 11.3. The Morgan fingerprint density at radius 2 is 2.07 bits per heavy atom. The number of halogens is 1. The van der Waals surface area contributed by atoms with Crippen LogP contribution in [0.4, 0.5) is 5.69 Å². The molecule has 1 aromatic carbocycles. The summed E-state index contributed by atoms with van der Waals surface area (Å²) >= 11 is 5.79. The zero-order valence-electron chi connectivity index (χ0n) is 8.53. The first-order valence-electron chi connectivity index (χ1n) is 4.76. The van der Waals surface area contributed by atoms with Gasteiger partial charge >= 0.3 is 5.97 Å². The van der Waals surface area contributed by atoms with Crippen LogP contribution in [0.25, 0.3) is 0 Å². The lowest BCUT2D eigenvalue weighted by molar-refractivity contribution is -0.136. The molecule has 3 nitrogen and oxygen atoms in total. The molecule has 0 aromatic heterocycles. The molecule has 0 heterocycles. The highest BCUT2D eigenvalue weighted by molar-refractivity contribution is 6.20. The molecule has 0 fully saturated rings. The van der Waals surface area contributed by atoms with Gasteiger partial charge in [0.25, 0.3) is 0 Å². The van der Waals surface area contributed by atoms with E-state index >= 15 is 0 Å². The molecule has 0 amide bonds. The van der Waals surface area contributed by atoms with Crippen molar-refractivity contribution in [3.8, 4) is 0 Å². The summed E-state index contributed by atoms with van der Waals surface area (Å²) in [7, 11) is 0. The van der Waals surface area contributed by atoms with Crippen LogP contribution < -0.4 is 5.32 Å². The number of carboxylic acid groups (broad SMARTS) is 1. The largest absolute Gasteiger partial charge is 0.481 e. The van der Waals surface area contributed by atoms with Crippen LogP contribution in [0.3, 0.4) is 0 Å². The van der Waals surface area contributed by atoms with Gasteiger partial charge in [-0.25, -0.2) is 0 Å². The van der Waals surface area contributed by atoms with Gasteiger partial charge in [0.1, 0.15) is 0 Å². The second-order valence-corrected chi connectivity index (χ2v) is 4.17. The third kappa shape index (κ3) is 4.70. The number of carbonyl (C=O) groups is 1.